The molecule has 2 heterocycles. The first-order valence-corrected chi connectivity index (χ1v) is 31.5. The summed E-state index contributed by atoms with van der Waals surface area (Å²) in [6.07, 6.45) is 1.93. The van der Waals surface area contributed by atoms with Gasteiger partial charge in [-0.05, 0) is 142 Å². The van der Waals surface area contributed by atoms with Crippen molar-refractivity contribution in [1.29, 1.82) is 0 Å². The number of benzene rings is 6. The first-order chi connectivity index (χ1) is 43.1. The third-order valence-electron chi connectivity index (χ3n) is 16.9. The number of likely N-dealkylation sites (N-methyl/N-ethyl adjacent to an activating group) is 2. The molecule has 2 aliphatic heterocycles. The fraction of sp³-hybridized carbons (Fsp3) is 0.451. The highest BCUT2D eigenvalue weighted by Crippen LogP contribution is 2.26. The van der Waals surface area contributed by atoms with Crippen LogP contribution in [0.5, 0.6) is 0 Å². The molecule has 91 heavy (non-hydrogen) atoms. The van der Waals surface area contributed by atoms with Gasteiger partial charge in [0.05, 0.1) is 17.6 Å². The molecule has 0 spiro atoms. The SMILES string of the molecule is CC[C@H]1CN([C@@H](Cc2ccc3ccccc3c2)C(=O)NC)CCN1C(=O)[C@@H](Cc1ccc(F)cc1)NC(=O)C(C)(C)N.CC[C@H]1CN([C@@H](Cc2ccc3ccccc3c2)C(=O)NC)CCN1C(=O)[C@@H](Cc1ccc(F)cc1)NC(=O)C(C)(C)NC(=O)OC(C)(C)C. The van der Waals surface area contributed by atoms with E-state index in [9.17, 15) is 42.3 Å². The highest BCUT2D eigenvalue weighted by molar-refractivity contribution is 5.94. The summed E-state index contributed by atoms with van der Waals surface area (Å²) in [4.78, 5) is 102. The van der Waals surface area contributed by atoms with Crippen LogP contribution in [0.1, 0.15) is 97.4 Å². The number of carbonyl (C=O) groups excluding carboxylic acids is 7. The normalized spacial score (nSPS) is 17.1. The van der Waals surface area contributed by atoms with Gasteiger partial charge in [-0.3, -0.25) is 38.6 Å². The number of hydrogen-bond acceptors (Lipinski definition) is 11. The first-order valence-electron chi connectivity index (χ1n) is 31.5. The number of hydrogen-bond donors (Lipinski definition) is 6. The third kappa shape index (κ3) is 19.4. The van der Waals surface area contributed by atoms with Crippen molar-refractivity contribution in [2.45, 2.75) is 154 Å². The monoisotopic (exact) mass is 1250 g/mol. The fourth-order valence-corrected chi connectivity index (χ4v) is 11.7. The van der Waals surface area contributed by atoms with Gasteiger partial charge in [-0.2, -0.15) is 0 Å². The Hall–Kier alpha value is -8.33. The molecular weight excluding hydrogens is 1160 g/mol. The number of piperazine rings is 2. The molecule has 0 bridgehead atoms. The molecule has 18 nitrogen and oxygen atoms in total. The van der Waals surface area contributed by atoms with Gasteiger partial charge in [0.25, 0.3) is 0 Å². The maximum Gasteiger partial charge on any atom is 0.408 e. The summed E-state index contributed by atoms with van der Waals surface area (Å²) in [5, 5.41) is 18.5. The van der Waals surface area contributed by atoms with Gasteiger partial charge in [0, 0.05) is 78.3 Å². The Morgan fingerprint density at radius 3 is 1.25 bits per heavy atom. The molecule has 6 aromatic rings. The summed E-state index contributed by atoms with van der Waals surface area (Å²) in [6, 6.07) is 37.4. The van der Waals surface area contributed by atoms with Crippen molar-refractivity contribution >= 4 is 63.1 Å². The van der Waals surface area contributed by atoms with Crippen LogP contribution < -0.4 is 32.3 Å². The zero-order valence-corrected chi connectivity index (χ0v) is 54.5. The number of rotatable bonds is 21. The van der Waals surface area contributed by atoms with Crippen LogP contribution in [-0.4, -0.2) is 167 Å². The number of halogens is 2. The van der Waals surface area contributed by atoms with Gasteiger partial charge in [-0.15, -0.1) is 0 Å². The van der Waals surface area contributed by atoms with E-state index in [1.54, 1.807) is 77.9 Å². The van der Waals surface area contributed by atoms with E-state index in [1.165, 1.54) is 38.1 Å². The van der Waals surface area contributed by atoms with Gasteiger partial charge in [-0.1, -0.05) is 123 Å². The Bertz CT molecular complexity index is 3500. The predicted octanol–water partition coefficient (Wildman–Crippen LogP) is 7.61. The molecule has 2 aliphatic rings. The topological polar surface area (TPSA) is 228 Å². The van der Waals surface area contributed by atoms with Crippen molar-refractivity contribution in [2.24, 2.45) is 5.73 Å². The van der Waals surface area contributed by atoms with E-state index in [0.717, 1.165) is 38.2 Å². The lowest BCUT2D eigenvalue weighted by Gasteiger charge is -2.45. The van der Waals surface area contributed by atoms with E-state index in [1.807, 2.05) is 43.0 Å². The molecule has 0 aliphatic carbocycles. The molecule has 2 saturated heterocycles. The molecule has 2 fully saturated rings. The summed E-state index contributed by atoms with van der Waals surface area (Å²) in [7, 11) is 3.28. The van der Waals surface area contributed by atoms with Crippen molar-refractivity contribution in [3.05, 3.63) is 167 Å². The molecule has 488 valence electrons. The number of amides is 7. The number of nitrogens with one attached hydrogen (secondary N) is 5. The maximum absolute atomic E-state index is 14.3. The second kappa shape index (κ2) is 31.1. The predicted molar refractivity (Wildman–Crippen MR) is 352 cm³/mol. The van der Waals surface area contributed by atoms with E-state index in [4.69, 9.17) is 10.5 Å². The standard InChI is InChI=1S/C38H50FN5O5.C33H42FN5O3/c1-8-30-24-43(32(33(45)40-7)23-26-13-16-27-11-9-10-12-28(27)21-26)19-20-44(30)34(46)31(22-25-14-17-29(39)18-15-25)41-35(47)38(5,6)42-36(48)49-37(2,3)4;1-5-27-21-38(29(30(40)36-4)20-23-10-13-24-8-6-7-9-25(24)18-23)16-17-39(27)31(41)28(37-32(42)33(2,3)35)19-22-11-14-26(34)15-12-22/h9-18,21,30-32H,8,19-20,22-24H2,1-7H3,(H,40,45)(H,41,47)(H,42,48);6-15,18,27-29H,5,16-17,19-21,35H2,1-4H3,(H,36,40)(H,37,42)/t30-,31+,32-;27-,28+,29-/m00/s1. The molecule has 0 radical (unpaired) electrons. The smallest absolute Gasteiger partial charge is 0.408 e. The first kappa shape index (κ1) is 70.1. The third-order valence-corrected chi connectivity index (χ3v) is 16.9. The Labute approximate surface area is 534 Å². The molecule has 8 rings (SSSR count). The van der Waals surface area contributed by atoms with Crippen LogP contribution in [0, 0.1) is 11.6 Å². The molecule has 6 aromatic carbocycles. The largest absolute Gasteiger partial charge is 0.444 e. The molecule has 0 saturated carbocycles. The molecule has 7 amide bonds. The van der Waals surface area contributed by atoms with Gasteiger partial charge < -0.3 is 46.9 Å². The summed E-state index contributed by atoms with van der Waals surface area (Å²) in [5.41, 5.74) is 6.20. The molecule has 6 atom stereocenters. The van der Waals surface area contributed by atoms with Crippen LogP contribution >= 0.6 is 0 Å². The van der Waals surface area contributed by atoms with E-state index < -0.39 is 64.6 Å². The number of fused-ring (bicyclic) bond motifs is 2. The van der Waals surface area contributed by atoms with Crippen LogP contribution in [-0.2, 0) is 59.2 Å². The lowest BCUT2D eigenvalue weighted by molar-refractivity contribution is -0.143. The zero-order chi connectivity index (χ0) is 66.4. The molecular formula is C71H92F2N10O8. The van der Waals surface area contributed by atoms with E-state index in [2.05, 4.69) is 97.0 Å². The molecule has 7 N–H and O–H groups in total. The van der Waals surface area contributed by atoms with E-state index in [-0.39, 0.29) is 54.4 Å². The average Bonchev–Trinajstić information content (AvgIpc) is 0.930. The van der Waals surface area contributed by atoms with Gasteiger partial charge in [0.2, 0.25) is 35.4 Å². The lowest BCUT2D eigenvalue weighted by Crippen LogP contribution is -2.64. The van der Waals surface area contributed by atoms with Gasteiger partial charge in [-0.25, -0.2) is 13.6 Å². The minimum absolute atomic E-state index is 0.0654. The highest BCUT2D eigenvalue weighted by atomic mass is 19.1. The Kier molecular flexibility index (Phi) is 24.0. The fourth-order valence-electron chi connectivity index (χ4n) is 11.7. The number of nitrogens with two attached hydrogens (primary N) is 1. The highest BCUT2D eigenvalue weighted by Gasteiger charge is 2.42. The average molecular weight is 1250 g/mol. The van der Waals surface area contributed by atoms with Gasteiger partial charge >= 0.3 is 6.09 Å². The number of alkyl carbamates (subject to hydrolysis) is 1. The number of nitrogens with zero attached hydrogens (tertiary/aromatic N) is 4. The lowest BCUT2D eigenvalue weighted by atomic mass is 9.97. The molecule has 0 aromatic heterocycles. The maximum atomic E-state index is 14.3. The zero-order valence-electron chi connectivity index (χ0n) is 54.5. The second-order valence-electron chi connectivity index (χ2n) is 25.9. The summed E-state index contributed by atoms with van der Waals surface area (Å²) in [5.74, 6) is -2.45. The molecule has 0 unspecified atom stereocenters. The molecule has 20 heteroatoms. The van der Waals surface area contributed by atoms with Gasteiger partial charge in [0.1, 0.15) is 34.9 Å². The Morgan fingerprint density at radius 2 is 0.890 bits per heavy atom. The Morgan fingerprint density at radius 1 is 0.516 bits per heavy atom. The minimum atomic E-state index is -1.41. The quantitative estimate of drug-likeness (QED) is 0.0411. The summed E-state index contributed by atoms with van der Waals surface area (Å²) >= 11 is 0. The second-order valence-corrected chi connectivity index (χ2v) is 25.9. The van der Waals surface area contributed by atoms with Crippen LogP contribution in [0.25, 0.3) is 21.5 Å². The van der Waals surface area contributed by atoms with E-state index >= 15 is 0 Å². The van der Waals surface area contributed by atoms with Crippen molar-refractivity contribution in [1.82, 2.24) is 46.2 Å². The van der Waals surface area contributed by atoms with Crippen LogP contribution in [0.3, 0.4) is 0 Å². The van der Waals surface area contributed by atoms with Crippen molar-refractivity contribution < 1.29 is 47.1 Å². The minimum Gasteiger partial charge on any atom is -0.444 e. The summed E-state index contributed by atoms with van der Waals surface area (Å²) in [6.45, 7) is 18.1. The van der Waals surface area contributed by atoms with Crippen molar-refractivity contribution in [3.8, 4) is 0 Å². The van der Waals surface area contributed by atoms with Gasteiger partial charge in [0.15, 0.2) is 0 Å². The van der Waals surface area contributed by atoms with E-state index in [0.29, 0.717) is 70.5 Å². The number of carbonyl (C=O) groups is 7. The number of ether oxygens (including phenoxy) is 1. The van der Waals surface area contributed by atoms with Crippen molar-refractivity contribution in [2.75, 3.05) is 53.4 Å². The Balaban J connectivity index is 0.000000261. The van der Waals surface area contributed by atoms with Crippen LogP contribution in [0.15, 0.2) is 133 Å². The van der Waals surface area contributed by atoms with Crippen molar-refractivity contribution in [3.63, 3.8) is 0 Å². The van der Waals surface area contributed by atoms with Crippen LogP contribution in [0.2, 0.25) is 0 Å². The summed E-state index contributed by atoms with van der Waals surface area (Å²) < 4.78 is 32.6. The van der Waals surface area contributed by atoms with Crippen LogP contribution in [0.4, 0.5) is 13.6 Å².